The van der Waals surface area contributed by atoms with Crippen molar-refractivity contribution in [1.29, 1.82) is 0 Å². The summed E-state index contributed by atoms with van der Waals surface area (Å²) in [5.41, 5.74) is 4.61. The summed E-state index contributed by atoms with van der Waals surface area (Å²) in [5, 5.41) is 6.13. The maximum atomic E-state index is 13.1. The Labute approximate surface area is 223 Å². The van der Waals surface area contributed by atoms with Gasteiger partial charge >= 0.3 is 0 Å². The van der Waals surface area contributed by atoms with E-state index in [1.165, 1.54) is 6.26 Å². The highest BCUT2D eigenvalue weighted by Crippen LogP contribution is 2.31. The van der Waals surface area contributed by atoms with Gasteiger partial charge < -0.3 is 19.8 Å². The van der Waals surface area contributed by atoms with E-state index < -0.39 is 10.0 Å². The van der Waals surface area contributed by atoms with E-state index >= 15 is 0 Å². The van der Waals surface area contributed by atoms with Crippen LogP contribution in [-0.2, 0) is 29.4 Å². The molecule has 2 heterocycles. The second-order valence-corrected chi connectivity index (χ2v) is 10.9. The number of furan rings is 1. The first-order valence-corrected chi connectivity index (χ1v) is 14.1. The van der Waals surface area contributed by atoms with Crippen LogP contribution in [0.2, 0.25) is 0 Å². The number of rotatable bonds is 11. The molecular weight excluding hydrogens is 504 g/mol. The topological polar surface area (TPSA) is 122 Å². The third-order valence-corrected chi connectivity index (χ3v) is 8.28. The Bertz CT molecular complexity index is 1440. The predicted octanol–water partition coefficient (Wildman–Crippen LogP) is 3.27. The van der Waals surface area contributed by atoms with Gasteiger partial charge in [0.2, 0.25) is 10.0 Å². The third kappa shape index (κ3) is 6.08. The summed E-state index contributed by atoms with van der Waals surface area (Å²) >= 11 is 0. The molecule has 0 unspecified atom stereocenters. The summed E-state index contributed by atoms with van der Waals surface area (Å²) in [6, 6.07) is 11.4. The Morgan fingerprint density at radius 3 is 2.61 bits per heavy atom. The van der Waals surface area contributed by atoms with E-state index in [0.717, 1.165) is 35.6 Å². The molecule has 38 heavy (non-hydrogen) atoms. The van der Waals surface area contributed by atoms with Crippen molar-refractivity contribution in [2.24, 2.45) is 4.99 Å². The molecule has 3 N–H and O–H groups in total. The molecule has 0 bridgehead atoms. The molecule has 1 amide bonds. The summed E-state index contributed by atoms with van der Waals surface area (Å²) in [5.74, 6) is 1.66. The number of benzene rings is 2. The van der Waals surface area contributed by atoms with Gasteiger partial charge in [0.05, 0.1) is 30.7 Å². The van der Waals surface area contributed by atoms with Gasteiger partial charge in [0, 0.05) is 18.7 Å². The van der Waals surface area contributed by atoms with Crippen molar-refractivity contribution >= 4 is 21.8 Å². The number of carbonyl (C=O) groups excluding carboxylic acids is 1. The predicted molar refractivity (Wildman–Crippen MR) is 146 cm³/mol. The van der Waals surface area contributed by atoms with E-state index in [1.807, 2.05) is 31.2 Å². The van der Waals surface area contributed by atoms with Gasteiger partial charge in [-0.15, -0.1) is 0 Å². The van der Waals surface area contributed by atoms with Crippen LogP contribution in [0.1, 0.15) is 50.9 Å². The molecule has 4 rings (SSSR count). The number of nitrogens with one attached hydrogen (secondary N) is 3. The zero-order valence-corrected chi connectivity index (χ0v) is 23.0. The number of sulfonamides is 1. The van der Waals surface area contributed by atoms with Crippen molar-refractivity contribution in [2.75, 3.05) is 26.7 Å². The number of hydrogen-bond acceptors (Lipinski definition) is 7. The van der Waals surface area contributed by atoms with Crippen LogP contribution in [0.4, 0.5) is 0 Å². The fraction of sp³-hybridized carbons (Fsp3) is 0.357. The zero-order valence-electron chi connectivity index (χ0n) is 22.2. The Morgan fingerprint density at radius 1 is 1.18 bits per heavy atom. The van der Waals surface area contributed by atoms with Crippen LogP contribution in [0, 0.1) is 13.8 Å². The lowest BCUT2D eigenvalue weighted by Crippen LogP contribution is -2.26. The SMILES string of the molecule is CCc1c(OC)cc(C)c(S(=O)(=O)NCc2cc(C(=O)NCCc3ccc(C4=NCCN4)cc3)co2)c1C. The molecule has 10 heteroatoms. The number of amides is 1. The Balaban J connectivity index is 1.32. The molecule has 0 atom stereocenters. The van der Waals surface area contributed by atoms with Gasteiger partial charge in [-0.2, -0.15) is 0 Å². The van der Waals surface area contributed by atoms with Crippen molar-refractivity contribution in [3.05, 3.63) is 81.8 Å². The highest BCUT2D eigenvalue weighted by atomic mass is 32.2. The van der Waals surface area contributed by atoms with Gasteiger partial charge in [0.15, 0.2) is 0 Å². The lowest BCUT2D eigenvalue weighted by Gasteiger charge is -2.17. The normalized spacial score (nSPS) is 13.2. The molecule has 0 radical (unpaired) electrons. The van der Waals surface area contributed by atoms with E-state index in [2.05, 4.69) is 20.3 Å². The Kier molecular flexibility index (Phi) is 8.53. The number of carbonyl (C=O) groups is 1. The minimum Gasteiger partial charge on any atom is -0.496 e. The number of hydrogen-bond donors (Lipinski definition) is 3. The monoisotopic (exact) mass is 538 g/mol. The lowest BCUT2D eigenvalue weighted by molar-refractivity contribution is 0.0953. The first-order valence-electron chi connectivity index (χ1n) is 12.6. The molecule has 3 aromatic rings. The maximum Gasteiger partial charge on any atom is 0.254 e. The van der Waals surface area contributed by atoms with E-state index in [0.29, 0.717) is 47.6 Å². The molecular formula is C28H34N4O5S. The molecule has 0 saturated heterocycles. The van der Waals surface area contributed by atoms with Crippen LogP contribution < -0.4 is 20.1 Å². The van der Waals surface area contributed by atoms with Gasteiger partial charge in [-0.05, 0) is 61.1 Å². The van der Waals surface area contributed by atoms with Gasteiger partial charge in [-0.25, -0.2) is 13.1 Å². The molecule has 0 aliphatic carbocycles. The summed E-state index contributed by atoms with van der Waals surface area (Å²) in [6.45, 7) is 7.54. The fourth-order valence-corrected chi connectivity index (χ4v) is 6.16. The van der Waals surface area contributed by atoms with Crippen LogP contribution in [0.25, 0.3) is 0 Å². The number of methoxy groups -OCH3 is 1. The largest absolute Gasteiger partial charge is 0.496 e. The van der Waals surface area contributed by atoms with Crippen molar-refractivity contribution in [3.63, 3.8) is 0 Å². The summed E-state index contributed by atoms with van der Waals surface area (Å²) in [4.78, 5) is 17.2. The van der Waals surface area contributed by atoms with Crippen molar-refractivity contribution in [2.45, 2.75) is 45.1 Å². The minimum atomic E-state index is -3.82. The fourth-order valence-electron chi connectivity index (χ4n) is 4.68. The van der Waals surface area contributed by atoms with E-state index in [4.69, 9.17) is 9.15 Å². The van der Waals surface area contributed by atoms with Crippen molar-refractivity contribution in [3.8, 4) is 5.75 Å². The average molecular weight is 539 g/mol. The standard InChI is InChI=1S/C28H34N4O5S/c1-5-24-19(3)26(18(2)14-25(24)36-4)38(34,35)32-16-23-15-22(17-37-23)28(33)31-11-10-20-6-8-21(9-7-20)27-29-12-13-30-27/h6-9,14-15,17,32H,5,10-13,16H2,1-4H3,(H,29,30)(H,31,33). The smallest absolute Gasteiger partial charge is 0.254 e. The molecule has 0 saturated carbocycles. The molecule has 0 fully saturated rings. The van der Waals surface area contributed by atoms with E-state index in [1.54, 1.807) is 33.1 Å². The van der Waals surface area contributed by atoms with Gasteiger partial charge in [0.1, 0.15) is 23.6 Å². The van der Waals surface area contributed by atoms with Gasteiger partial charge in [-0.3, -0.25) is 9.79 Å². The summed E-state index contributed by atoms with van der Waals surface area (Å²) in [6.07, 6.45) is 2.66. The molecule has 9 nitrogen and oxygen atoms in total. The molecule has 202 valence electrons. The average Bonchev–Trinajstić information content (AvgIpc) is 3.60. The van der Waals surface area contributed by atoms with Crippen LogP contribution in [0.5, 0.6) is 5.75 Å². The lowest BCUT2D eigenvalue weighted by atomic mass is 10.0. The van der Waals surface area contributed by atoms with Crippen LogP contribution in [-0.4, -0.2) is 46.9 Å². The van der Waals surface area contributed by atoms with E-state index in [-0.39, 0.29) is 17.3 Å². The summed E-state index contributed by atoms with van der Waals surface area (Å²) in [7, 11) is -2.24. The first kappa shape index (κ1) is 27.4. The second-order valence-electron chi connectivity index (χ2n) is 9.17. The molecule has 1 aliphatic heterocycles. The quantitative estimate of drug-likeness (QED) is 0.345. The van der Waals surface area contributed by atoms with Crippen LogP contribution >= 0.6 is 0 Å². The Morgan fingerprint density at radius 2 is 1.95 bits per heavy atom. The number of ether oxygens (including phenoxy) is 1. The third-order valence-electron chi connectivity index (χ3n) is 6.59. The first-order chi connectivity index (χ1) is 18.2. The molecule has 0 spiro atoms. The molecule has 1 aromatic heterocycles. The molecule has 1 aliphatic rings. The number of aryl methyl sites for hydroxylation is 1. The second kappa shape index (κ2) is 11.8. The number of nitrogens with zero attached hydrogens (tertiary/aromatic N) is 1. The van der Waals surface area contributed by atoms with Crippen molar-refractivity contribution < 1.29 is 22.4 Å². The summed E-state index contributed by atoms with van der Waals surface area (Å²) < 4.78 is 39.8. The van der Waals surface area contributed by atoms with Crippen LogP contribution in [0.15, 0.2) is 57.0 Å². The van der Waals surface area contributed by atoms with Crippen LogP contribution in [0.3, 0.4) is 0 Å². The molecule has 2 aromatic carbocycles. The number of aliphatic imine (C=N–C) groups is 1. The van der Waals surface area contributed by atoms with E-state index in [9.17, 15) is 13.2 Å². The van der Waals surface area contributed by atoms with Gasteiger partial charge in [-0.1, -0.05) is 31.2 Å². The zero-order chi connectivity index (χ0) is 27.3. The van der Waals surface area contributed by atoms with Crippen molar-refractivity contribution in [1.82, 2.24) is 15.4 Å². The number of amidine groups is 1. The Hall–Kier alpha value is -3.63. The minimum absolute atomic E-state index is 0.0749. The van der Waals surface area contributed by atoms with Gasteiger partial charge in [0.25, 0.3) is 5.91 Å². The highest BCUT2D eigenvalue weighted by molar-refractivity contribution is 7.89. The maximum absolute atomic E-state index is 13.1. The highest BCUT2D eigenvalue weighted by Gasteiger charge is 2.24.